The minimum Gasteiger partial charge on any atom is -0.457 e. The summed E-state index contributed by atoms with van der Waals surface area (Å²) in [5.41, 5.74) is 1.74. The number of rotatable bonds is 9. The number of hydrogen-bond acceptors (Lipinski definition) is 8. The maximum absolute atomic E-state index is 12.1. The van der Waals surface area contributed by atoms with E-state index >= 15 is 0 Å². The van der Waals surface area contributed by atoms with Crippen LogP contribution in [0.4, 0.5) is 9.59 Å². The summed E-state index contributed by atoms with van der Waals surface area (Å²) in [4.78, 5) is 24.3. The lowest BCUT2D eigenvalue weighted by molar-refractivity contribution is 0.0302. The molecule has 0 amide bonds. The van der Waals surface area contributed by atoms with Crippen LogP contribution < -0.4 is 18.9 Å². The standard InChI is InChI=1S/C36H26O8/c37-35(43-27-13-3-1-4-14-27)41-23-39-29-19-25-11-7-9-17-31(25)33(21-29)34-22-30(20-26-12-8-10-18-32(26)34)40-24-42-36(38)44-28-15-5-2-6-16-28/h1-22H,23-24H2. The van der Waals surface area contributed by atoms with E-state index in [1.165, 1.54) is 0 Å². The van der Waals surface area contributed by atoms with Gasteiger partial charge in [-0.1, -0.05) is 84.9 Å². The highest BCUT2D eigenvalue weighted by Crippen LogP contribution is 2.39. The second-order valence-corrected chi connectivity index (χ2v) is 9.53. The van der Waals surface area contributed by atoms with Crippen molar-refractivity contribution in [3.8, 4) is 34.1 Å². The Hall–Kier alpha value is -6.02. The summed E-state index contributed by atoms with van der Waals surface area (Å²) in [5.74, 6) is 1.73. The Labute approximate surface area is 252 Å². The summed E-state index contributed by atoms with van der Waals surface area (Å²) in [7, 11) is 0. The number of para-hydroxylation sites is 2. The first kappa shape index (κ1) is 28.1. The van der Waals surface area contributed by atoms with Crippen LogP contribution >= 0.6 is 0 Å². The van der Waals surface area contributed by atoms with Crippen LogP contribution in [0.15, 0.2) is 133 Å². The summed E-state index contributed by atoms with van der Waals surface area (Å²) < 4.78 is 32.3. The highest BCUT2D eigenvalue weighted by Gasteiger charge is 2.14. The lowest BCUT2D eigenvalue weighted by Crippen LogP contribution is -2.14. The Morgan fingerprint density at radius 1 is 0.432 bits per heavy atom. The van der Waals surface area contributed by atoms with Crippen molar-refractivity contribution in [1.82, 2.24) is 0 Å². The quantitative estimate of drug-likeness (QED) is 0.0944. The van der Waals surface area contributed by atoms with Gasteiger partial charge >= 0.3 is 12.3 Å². The van der Waals surface area contributed by atoms with Gasteiger partial charge in [0.2, 0.25) is 13.6 Å². The highest BCUT2D eigenvalue weighted by atomic mass is 16.8. The van der Waals surface area contributed by atoms with Crippen LogP contribution in [0.1, 0.15) is 0 Å². The number of fused-ring (bicyclic) bond motifs is 2. The van der Waals surface area contributed by atoms with Crippen molar-refractivity contribution in [2.24, 2.45) is 0 Å². The normalized spacial score (nSPS) is 10.6. The van der Waals surface area contributed by atoms with Crippen molar-refractivity contribution in [3.63, 3.8) is 0 Å². The maximum Gasteiger partial charge on any atom is 0.516 e. The molecule has 8 heteroatoms. The molecule has 0 unspecified atom stereocenters. The zero-order chi connectivity index (χ0) is 30.1. The van der Waals surface area contributed by atoms with Gasteiger partial charge in [-0.15, -0.1) is 0 Å². The lowest BCUT2D eigenvalue weighted by Gasteiger charge is -2.16. The van der Waals surface area contributed by atoms with E-state index in [9.17, 15) is 9.59 Å². The van der Waals surface area contributed by atoms with E-state index in [4.69, 9.17) is 28.4 Å². The molecule has 0 aliphatic heterocycles. The van der Waals surface area contributed by atoms with Crippen molar-refractivity contribution in [2.45, 2.75) is 0 Å². The van der Waals surface area contributed by atoms with E-state index < -0.39 is 12.3 Å². The van der Waals surface area contributed by atoms with Gasteiger partial charge in [-0.05, 0) is 81.2 Å². The number of carbonyl (C=O) groups excluding carboxylic acids is 2. The Kier molecular flexibility index (Phi) is 8.50. The molecule has 0 N–H and O–H groups in total. The molecule has 0 atom stereocenters. The molecule has 0 spiro atoms. The third-order valence-electron chi connectivity index (χ3n) is 6.65. The molecule has 0 heterocycles. The molecule has 218 valence electrons. The van der Waals surface area contributed by atoms with Crippen LogP contribution in [-0.2, 0) is 9.47 Å². The minimum absolute atomic E-state index is 0.343. The van der Waals surface area contributed by atoms with Gasteiger partial charge in [0.1, 0.15) is 23.0 Å². The highest BCUT2D eigenvalue weighted by molar-refractivity contribution is 6.06. The molecule has 0 aliphatic carbocycles. The fourth-order valence-electron chi connectivity index (χ4n) is 4.70. The summed E-state index contributed by atoms with van der Waals surface area (Å²) in [6.45, 7) is -0.687. The molecular formula is C36H26O8. The summed E-state index contributed by atoms with van der Waals surface area (Å²) in [6.07, 6.45) is -1.74. The monoisotopic (exact) mass is 586 g/mol. The maximum atomic E-state index is 12.1. The van der Waals surface area contributed by atoms with Crippen molar-refractivity contribution < 1.29 is 38.0 Å². The second kappa shape index (κ2) is 13.3. The topological polar surface area (TPSA) is 89.5 Å². The molecule has 0 bridgehead atoms. The van der Waals surface area contributed by atoms with Gasteiger partial charge in [0, 0.05) is 0 Å². The molecule has 0 fully saturated rings. The molecule has 0 aromatic heterocycles. The molecule has 0 aliphatic rings. The Morgan fingerprint density at radius 2 is 0.818 bits per heavy atom. The zero-order valence-electron chi connectivity index (χ0n) is 23.4. The fraction of sp³-hybridized carbons (Fsp3) is 0.0556. The van der Waals surface area contributed by atoms with Gasteiger partial charge in [-0.25, -0.2) is 9.59 Å². The van der Waals surface area contributed by atoms with Crippen molar-refractivity contribution in [3.05, 3.63) is 133 Å². The van der Waals surface area contributed by atoms with Gasteiger partial charge < -0.3 is 28.4 Å². The second-order valence-electron chi connectivity index (χ2n) is 9.53. The Morgan fingerprint density at radius 3 is 1.25 bits per heavy atom. The van der Waals surface area contributed by atoms with Crippen LogP contribution in [0.2, 0.25) is 0 Å². The summed E-state index contributed by atoms with van der Waals surface area (Å²) >= 11 is 0. The van der Waals surface area contributed by atoms with Crippen molar-refractivity contribution >= 4 is 33.9 Å². The van der Waals surface area contributed by atoms with Gasteiger partial charge in [0.05, 0.1) is 0 Å². The third kappa shape index (κ3) is 6.88. The van der Waals surface area contributed by atoms with Crippen LogP contribution in [0.5, 0.6) is 23.0 Å². The first-order valence-corrected chi connectivity index (χ1v) is 13.7. The molecule has 0 saturated carbocycles. The minimum atomic E-state index is -0.872. The largest absolute Gasteiger partial charge is 0.516 e. The number of hydrogen-bond donors (Lipinski definition) is 0. The predicted molar refractivity (Wildman–Crippen MR) is 165 cm³/mol. The summed E-state index contributed by atoms with van der Waals surface area (Å²) in [6, 6.07) is 40.6. The summed E-state index contributed by atoms with van der Waals surface area (Å²) in [5, 5.41) is 3.81. The first-order valence-electron chi connectivity index (χ1n) is 13.7. The van der Waals surface area contributed by atoms with Gasteiger partial charge in [-0.2, -0.15) is 0 Å². The predicted octanol–water partition coefficient (Wildman–Crippen LogP) is 8.76. The number of benzene rings is 6. The SMILES string of the molecule is O=C(OCOc1cc(-c2cc(OCOC(=O)Oc3ccccc3)cc3ccccc23)c2ccccc2c1)Oc1ccccc1. The molecule has 6 aromatic carbocycles. The van der Waals surface area contributed by atoms with E-state index in [-0.39, 0.29) is 13.6 Å². The smallest absolute Gasteiger partial charge is 0.457 e. The van der Waals surface area contributed by atoms with Crippen LogP contribution in [-0.4, -0.2) is 25.9 Å². The van der Waals surface area contributed by atoms with Gasteiger partial charge in [0.25, 0.3) is 0 Å². The molecule has 44 heavy (non-hydrogen) atoms. The average Bonchev–Trinajstić information content (AvgIpc) is 3.05. The van der Waals surface area contributed by atoms with Crippen LogP contribution in [0.25, 0.3) is 32.7 Å². The molecule has 0 saturated heterocycles. The average molecular weight is 587 g/mol. The van der Waals surface area contributed by atoms with E-state index in [0.717, 1.165) is 32.7 Å². The molecule has 0 radical (unpaired) electrons. The zero-order valence-corrected chi connectivity index (χ0v) is 23.4. The van der Waals surface area contributed by atoms with E-state index in [2.05, 4.69) is 0 Å². The van der Waals surface area contributed by atoms with E-state index in [0.29, 0.717) is 23.0 Å². The van der Waals surface area contributed by atoms with Crippen LogP contribution in [0.3, 0.4) is 0 Å². The number of ether oxygens (including phenoxy) is 6. The van der Waals surface area contributed by atoms with E-state index in [1.807, 2.05) is 84.9 Å². The molecular weight excluding hydrogens is 560 g/mol. The molecule has 6 rings (SSSR count). The van der Waals surface area contributed by atoms with Crippen LogP contribution in [0, 0.1) is 0 Å². The van der Waals surface area contributed by atoms with E-state index in [1.54, 1.807) is 48.5 Å². The van der Waals surface area contributed by atoms with Crippen molar-refractivity contribution in [1.29, 1.82) is 0 Å². The molecule has 6 aromatic rings. The first-order chi connectivity index (χ1) is 21.6. The number of carbonyl (C=O) groups is 2. The lowest BCUT2D eigenvalue weighted by atomic mass is 9.93. The Balaban J connectivity index is 1.23. The molecule has 8 nitrogen and oxygen atoms in total. The Bertz CT molecular complexity index is 1760. The van der Waals surface area contributed by atoms with Gasteiger partial charge in [0.15, 0.2) is 0 Å². The third-order valence-corrected chi connectivity index (χ3v) is 6.65. The fourth-order valence-corrected chi connectivity index (χ4v) is 4.70. The van der Waals surface area contributed by atoms with Gasteiger partial charge in [-0.3, -0.25) is 0 Å². The van der Waals surface area contributed by atoms with Crippen molar-refractivity contribution in [2.75, 3.05) is 13.6 Å².